The van der Waals surface area contributed by atoms with E-state index in [1.807, 2.05) is 41.8 Å². The molecule has 1 amide bonds. The molecule has 0 unspecified atom stereocenters. The molecule has 1 aromatic heterocycles. The summed E-state index contributed by atoms with van der Waals surface area (Å²) in [5.74, 6) is 1.68. The van der Waals surface area contributed by atoms with Gasteiger partial charge in [0.15, 0.2) is 0 Å². The molecule has 0 fully saturated rings. The Kier molecular flexibility index (Phi) is 5.98. The van der Waals surface area contributed by atoms with E-state index >= 15 is 0 Å². The van der Waals surface area contributed by atoms with Crippen molar-refractivity contribution in [2.45, 2.75) is 6.54 Å². The maximum absolute atomic E-state index is 13.4. The maximum atomic E-state index is 13.4. The van der Waals surface area contributed by atoms with E-state index in [2.05, 4.69) is 0 Å². The zero-order valence-corrected chi connectivity index (χ0v) is 16.3. The minimum Gasteiger partial charge on any atom is -0.497 e. The Morgan fingerprint density at radius 2 is 1.63 bits per heavy atom. The molecule has 5 nitrogen and oxygen atoms in total. The first-order chi connectivity index (χ1) is 13.2. The number of amides is 1. The second-order valence-electron chi connectivity index (χ2n) is 5.73. The molecule has 3 aromatic rings. The molecule has 0 saturated carbocycles. The van der Waals surface area contributed by atoms with Gasteiger partial charge >= 0.3 is 0 Å². The average molecular weight is 383 g/mol. The molecule has 140 valence electrons. The van der Waals surface area contributed by atoms with E-state index in [0.29, 0.717) is 23.6 Å². The molecule has 0 N–H and O–H groups in total. The minimum absolute atomic E-state index is 0.163. The lowest BCUT2D eigenvalue weighted by molar-refractivity contribution is 0.0982. The lowest BCUT2D eigenvalue weighted by atomic mass is 10.1. The summed E-state index contributed by atoms with van der Waals surface area (Å²) < 4.78 is 15.9. The standard InChI is InChI=1S/C21H21NO4S/c1-24-16-8-6-15(7-9-16)22(14-18-5-4-12-27-18)21(23)19-13-17(25-2)10-11-20(19)26-3/h4-13H,14H2,1-3H3. The van der Waals surface area contributed by atoms with Crippen LogP contribution in [0.4, 0.5) is 5.69 Å². The number of carbonyl (C=O) groups is 1. The molecular formula is C21H21NO4S. The fourth-order valence-corrected chi connectivity index (χ4v) is 3.42. The molecule has 0 spiro atoms. The van der Waals surface area contributed by atoms with E-state index < -0.39 is 0 Å². The molecule has 0 aliphatic heterocycles. The van der Waals surface area contributed by atoms with Gasteiger partial charge in [0.25, 0.3) is 5.91 Å². The molecular weight excluding hydrogens is 362 g/mol. The molecule has 0 saturated heterocycles. The van der Waals surface area contributed by atoms with Gasteiger partial charge in [0.05, 0.1) is 33.4 Å². The van der Waals surface area contributed by atoms with Crippen LogP contribution in [-0.2, 0) is 6.54 Å². The Bertz CT molecular complexity index is 891. The van der Waals surface area contributed by atoms with Crippen LogP contribution in [0, 0.1) is 0 Å². The van der Waals surface area contributed by atoms with Crippen molar-refractivity contribution in [3.05, 3.63) is 70.4 Å². The smallest absolute Gasteiger partial charge is 0.262 e. The van der Waals surface area contributed by atoms with Crippen molar-refractivity contribution in [1.82, 2.24) is 0 Å². The predicted molar refractivity (Wildman–Crippen MR) is 107 cm³/mol. The first-order valence-corrected chi connectivity index (χ1v) is 9.24. The third kappa shape index (κ3) is 4.23. The number of anilines is 1. The van der Waals surface area contributed by atoms with E-state index in [4.69, 9.17) is 14.2 Å². The number of thiophene rings is 1. The summed E-state index contributed by atoms with van der Waals surface area (Å²) in [7, 11) is 4.74. The Morgan fingerprint density at radius 1 is 0.926 bits per heavy atom. The molecule has 3 rings (SSSR count). The van der Waals surface area contributed by atoms with Crippen LogP contribution in [0.15, 0.2) is 60.0 Å². The number of rotatable bonds is 7. The largest absolute Gasteiger partial charge is 0.497 e. The van der Waals surface area contributed by atoms with Gasteiger partial charge in [0.1, 0.15) is 17.2 Å². The zero-order valence-electron chi connectivity index (χ0n) is 15.5. The van der Waals surface area contributed by atoms with Crippen LogP contribution >= 0.6 is 11.3 Å². The van der Waals surface area contributed by atoms with Crippen LogP contribution in [0.5, 0.6) is 17.2 Å². The summed E-state index contributed by atoms with van der Waals surface area (Å²) in [6.45, 7) is 0.462. The Balaban J connectivity index is 2.02. The minimum atomic E-state index is -0.163. The van der Waals surface area contributed by atoms with Gasteiger partial charge in [-0.3, -0.25) is 4.79 Å². The van der Waals surface area contributed by atoms with E-state index in [0.717, 1.165) is 16.3 Å². The van der Waals surface area contributed by atoms with Crippen molar-refractivity contribution in [1.29, 1.82) is 0 Å². The maximum Gasteiger partial charge on any atom is 0.262 e. The van der Waals surface area contributed by atoms with Crippen LogP contribution < -0.4 is 19.1 Å². The van der Waals surface area contributed by atoms with Crippen molar-refractivity contribution in [3.63, 3.8) is 0 Å². The van der Waals surface area contributed by atoms with Crippen molar-refractivity contribution < 1.29 is 19.0 Å². The number of carbonyl (C=O) groups excluding carboxylic acids is 1. The zero-order chi connectivity index (χ0) is 19.2. The summed E-state index contributed by atoms with van der Waals surface area (Å²) >= 11 is 1.61. The highest BCUT2D eigenvalue weighted by molar-refractivity contribution is 7.09. The van der Waals surface area contributed by atoms with Crippen molar-refractivity contribution in [2.24, 2.45) is 0 Å². The average Bonchev–Trinajstić information content (AvgIpc) is 3.24. The van der Waals surface area contributed by atoms with Gasteiger partial charge in [-0.1, -0.05) is 6.07 Å². The first kappa shape index (κ1) is 18.8. The highest BCUT2D eigenvalue weighted by atomic mass is 32.1. The van der Waals surface area contributed by atoms with Gasteiger partial charge in [0.2, 0.25) is 0 Å². The highest BCUT2D eigenvalue weighted by Crippen LogP contribution is 2.29. The third-order valence-corrected chi connectivity index (χ3v) is 5.02. The van der Waals surface area contributed by atoms with Crippen LogP contribution in [0.1, 0.15) is 15.2 Å². The van der Waals surface area contributed by atoms with E-state index in [1.54, 1.807) is 55.8 Å². The summed E-state index contributed by atoms with van der Waals surface area (Å²) in [6.07, 6.45) is 0. The second kappa shape index (κ2) is 8.60. The molecule has 27 heavy (non-hydrogen) atoms. The van der Waals surface area contributed by atoms with Crippen LogP contribution in [-0.4, -0.2) is 27.2 Å². The van der Waals surface area contributed by atoms with Gasteiger partial charge in [-0.15, -0.1) is 11.3 Å². The molecule has 2 aromatic carbocycles. The molecule has 0 radical (unpaired) electrons. The van der Waals surface area contributed by atoms with E-state index in [-0.39, 0.29) is 5.91 Å². The fraction of sp³-hybridized carbons (Fsp3) is 0.190. The number of hydrogen-bond donors (Lipinski definition) is 0. The molecule has 0 aliphatic rings. The summed E-state index contributed by atoms with van der Waals surface area (Å²) in [5, 5.41) is 2.00. The van der Waals surface area contributed by atoms with Gasteiger partial charge in [-0.2, -0.15) is 0 Å². The lowest BCUT2D eigenvalue weighted by Crippen LogP contribution is -2.30. The highest BCUT2D eigenvalue weighted by Gasteiger charge is 2.23. The van der Waals surface area contributed by atoms with Crippen LogP contribution in [0.3, 0.4) is 0 Å². The van der Waals surface area contributed by atoms with Gasteiger partial charge < -0.3 is 19.1 Å². The number of nitrogens with zero attached hydrogens (tertiary/aromatic N) is 1. The quantitative estimate of drug-likeness (QED) is 0.597. The normalized spacial score (nSPS) is 10.3. The molecule has 1 heterocycles. The Morgan fingerprint density at radius 3 is 2.22 bits per heavy atom. The number of methoxy groups -OCH3 is 3. The second-order valence-corrected chi connectivity index (χ2v) is 6.77. The summed E-state index contributed by atoms with van der Waals surface area (Å²) in [4.78, 5) is 16.2. The predicted octanol–water partition coefficient (Wildman–Crippen LogP) is 4.62. The van der Waals surface area contributed by atoms with Gasteiger partial charge in [0, 0.05) is 10.6 Å². The first-order valence-electron chi connectivity index (χ1n) is 8.36. The van der Waals surface area contributed by atoms with Gasteiger partial charge in [-0.25, -0.2) is 0 Å². The van der Waals surface area contributed by atoms with Crippen LogP contribution in [0.25, 0.3) is 0 Å². The molecule has 0 atom stereocenters. The topological polar surface area (TPSA) is 48.0 Å². The monoisotopic (exact) mass is 383 g/mol. The fourth-order valence-electron chi connectivity index (χ4n) is 2.73. The van der Waals surface area contributed by atoms with Crippen molar-refractivity contribution in [3.8, 4) is 17.2 Å². The van der Waals surface area contributed by atoms with Crippen molar-refractivity contribution >= 4 is 22.9 Å². The van der Waals surface area contributed by atoms with E-state index in [9.17, 15) is 4.79 Å². The third-order valence-electron chi connectivity index (χ3n) is 4.16. The van der Waals surface area contributed by atoms with Crippen molar-refractivity contribution in [2.75, 3.05) is 26.2 Å². The van der Waals surface area contributed by atoms with Gasteiger partial charge in [-0.05, 0) is 53.9 Å². The van der Waals surface area contributed by atoms with Crippen LogP contribution in [0.2, 0.25) is 0 Å². The molecule has 6 heteroatoms. The summed E-state index contributed by atoms with van der Waals surface area (Å²) in [6, 6.07) is 16.6. The Labute approximate surface area is 162 Å². The Hall–Kier alpha value is -2.99. The SMILES string of the molecule is COc1ccc(N(Cc2cccs2)C(=O)c2cc(OC)ccc2OC)cc1. The van der Waals surface area contributed by atoms with E-state index in [1.165, 1.54) is 0 Å². The summed E-state index contributed by atoms with van der Waals surface area (Å²) in [5.41, 5.74) is 1.23. The number of ether oxygens (including phenoxy) is 3. The lowest BCUT2D eigenvalue weighted by Gasteiger charge is -2.24. The number of hydrogen-bond acceptors (Lipinski definition) is 5. The number of benzene rings is 2. The molecule has 0 bridgehead atoms. The molecule has 0 aliphatic carbocycles.